The molecule has 1 saturated heterocycles. The largest absolute Gasteiger partial charge is 0.436 e. The minimum Gasteiger partial charge on any atom is -0.436 e. The van der Waals surface area contributed by atoms with Crippen molar-refractivity contribution < 1.29 is 18.7 Å². The van der Waals surface area contributed by atoms with Gasteiger partial charge in [-0.2, -0.15) is 0 Å². The first-order chi connectivity index (χ1) is 8.99. The highest BCUT2D eigenvalue weighted by Crippen LogP contribution is 2.27. The third kappa shape index (κ3) is 3.04. The highest BCUT2D eigenvalue weighted by molar-refractivity contribution is 9.10. The number of nitrogens with two attached hydrogens (primary N) is 1. The van der Waals surface area contributed by atoms with Crippen LogP contribution in [0.5, 0.6) is 0 Å². The van der Waals surface area contributed by atoms with Crippen LogP contribution in [0.1, 0.15) is 12.8 Å². The number of rotatable bonds is 2. The van der Waals surface area contributed by atoms with Gasteiger partial charge in [-0.25, -0.2) is 9.18 Å². The number of benzene rings is 1. The second kappa shape index (κ2) is 5.56. The van der Waals surface area contributed by atoms with Crippen molar-refractivity contribution in [2.75, 3.05) is 11.4 Å². The van der Waals surface area contributed by atoms with Crippen LogP contribution in [0.25, 0.3) is 0 Å². The van der Waals surface area contributed by atoms with E-state index in [9.17, 15) is 14.0 Å². The summed E-state index contributed by atoms with van der Waals surface area (Å²) in [6.45, 7) is 0.385. The minimum absolute atomic E-state index is 0.172. The molecule has 0 unspecified atom stereocenters. The molecule has 1 heterocycles. The third-order valence-electron chi connectivity index (χ3n) is 2.85. The van der Waals surface area contributed by atoms with Crippen LogP contribution in [0.4, 0.5) is 14.9 Å². The van der Waals surface area contributed by atoms with Gasteiger partial charge in [0.2, 0.25) is 0 Å². The molecular weight excluding hydrogens is 319 g/mol. The van der Waals surface area contributed by atoms with E-state index >= 15 is 0 Å². The highest BCUT2D eigenvalue weighted by Gasteiger charge is 2.33. The average molecular weight is 331 g/mol. The molecule has 102 valence electrons. The Morgan fingerprint density at radius 2 is 2.26 bits per heavy atom. The molecule has 0 bridgehead atoms. The topological polar surface area (TPSA) is 72.6 Å². The van der Waals surface area contributed by atoms with Crippen LogP contribution in [0.15, 0.2) is 22.7 Å². The number of carbonyl (C=O) groups is 2. The van der Waals surface area contributed by atoms with Crippen molar-refractivity contribution in [3.63, 3.8) is 0 Å². The van der Waals surface area contributed by atoms with Crippen molar-refractivity contribution in [2.45, 2.75) is 18.9 Å². The van der Waals surface area contributed by atoms with Crippen molar-refractivity contribution >= 4 is 33.6 Å². The fourth-order valence-electron chi connectivity index (χ4n) is 2.03. The lowest BCUT2D eigenvalue weighted by molar-refractivity contribution is -0.128. The van der Waals surface area contributed by atoms with Gasteiger partial charge in [0, 0.05) is 11.0 Å². The van der Waals surface area contributed by atoms with Crippen LogP contribution in [-0.4, -0.2) is 24.6 Å². The van der Waals surface area contributed by atoms with E-state index in [0.717, 1.165) is 0 Å². The van der Waals surface area contributed by atoms with Crippen LogP contribution >= 0.6 is 15.9 Å². The molecule has 1 aromatic rings. The smallest absolute Gasteiger partial charge is 0.405 e. The second-order valence-electron chi connectivity index (χ2n) is 4.15. The normalized spacial score (nSPS) is 19.4. The van der Waals surface area contributed by atoms with Gasteiger partial charge in [-0.05, 0) is 31.0 Å². The van der Waals surface area contributed by atoms with Gasteiger partial charge in [-0.1, -0.05) is 15.9 Å². The van der Waals surface area contributed by atoms with Gasteiger partial charge >= 0.3 is 6.09 Å². The van der Waals surface area contributed by atoms with Crippen molar-refractivity contribution in [2.24, 2.45) is 5.73 Å². The molecule has 7 heteroatoms. The summed E-state index contributed by atoms with van der Waals surface area (Å²) in [5.74, 6) is -0.964. The average Bonchev–Trinajstić information content (AvgIpc) is 2.32. The molecule has 0 spiro atoms. The molecule has 5 nitrogen and oxygen atoms in total. The molecule has 1 aromatic carbocycles. The second-order valence-corrected chi connectivity index (χ2v) is 5.07. The summed E-state index contributed by atoms with van der Waals surface area (Å²) >= 11 is 3.15. The van der Waals surface area contributed by atoms with E-state index in [2.05, 4.69) is 15.9 Å². The summed E-state index contributed by atoms with van der Waals surface area (Å²) in [4.78, 5) is 24.1. The number of amides is 2. The fraction of sp³-hybridized carbons (Fsp3) is 0.333. The summed E-state index contributed by atoms with van der Waals surface area (Å²) in [5.41, 5.74) is 5.08. The van der Waals surface area contributed by atoms with Gasteiger partial charge in [0.15, 0.2) is 6.10 Å². The van der Waals surface area contributed by atoms with Gasteiger partial charge in [0.25, 0.3) is 5.91 Å². The standard InChI is InChI=1S/C12H12BrFN2O3/c13-7-3-4-9(8(14)6-7)16-5-1-2-10(11(16)17)19-12(15)18/h3-4,6,10H,1-2,5H2,(H2,15,18)/t10-/m1/s1. The zero-order chi connectivity index (χ0) is 14.0. The van der Waals surface area contributed by atoms with Crippen molar-refractivity contribution in [3.05, 3.63) is 28.5 Å². The molecule has 0 radical (unpaired) electrons. The van der Waals surface area contributed by atoms with Gasteiger partial charge in [0.05, 0.1) is 5.69 Å². The van der Waals surface area contributed by atoms with Gasteiger partial charge < -0.3 is 15.4 Å². The molecule has 1 aliphatic heterocycles. The Bertz CT molecular complexity index is 524. The molecule has 0 saturated carbocycles. The number of halogens is 2. The summed E-state index contributed by atoms with van der Waals surface area (Å²) < 4.78 is 19.2. The molecular formula is C12H12BrFN2O3. The number of hydrogen-bond donors (Lipinski definition) is 1. The molecule has 0 aliphatic carbocycles. The lowest BCUT2D eigenvalue weighted by atomic mass is 10.1. The van der Waals surface area contributed by atoms with E-state index in [0.29, 0.717) is 23.9 Å². The Morgan fingerprint density at radius 1 is 1.53 bits per heavy atom. The van der Waals surface area contributed by atoms with Gasteiger partial charge in [0.1, 0.15) is 5.82 Å². The number of primary amides is 1. The minimum atomic E-state index is -1.00. The quantitative estimate of drug-likeness (QED) is 0.903. The highest BCUT2D eigenvalue weighted by atomic mass is 79.9. The zero-order valence-electron chi connectivity index (χ0n) is 9.94. The maximum Gasteiger partial charge on any atom is 0.405 e. The predicted molar refractivity (Wildman–Crippen MR) is 70.1 cm³/mol. The van der Waals surface area contributed by atoms with Crippen LogP contribution in [0.2, 0.25) is 0 Å². The first-order valence-corrected chi connectivity index (χ1v) is 6.51. The molecule has 1 atom stereocenters. The van der Waals surface area contributed by atoms with E-state index in [1.807, 2.05) is 0 Å². The Kier molecular flexibility index (Phi) is 4.04. The molecule has 2 N–H and O–H groups in total. The van der Waals surface area contributed by atoms with Gasteiger partial charge in [-0.15, -0.1) is 0 Å². The van der Waals surface area contributed by atoms with Gasteiger partial charge in [-0.3, -0.25) is 4.79 Å². The Hall–Kier alpha value is -1.63. The lowest BCUT2D eigenvalue weighted by Crippen LogP contribution is -2.47. The summed E-state index contributed by atoms with van der Waals surface area (Å²) in [6.07, 6.45) is -0.930. The monoisotopic (exact) mass is 330 g/mol. The number of piperidine rings is 1. The molecule has 2 rings (SSSR count). The predicted octanol–water partition coefficient (Wildman–Crippen LogP) is 2.18. The Balaban J connectivity index is 2.24. The van der Waals surface area contributed by atoms with Crippen LogP contribution in [-0.2, 0) is 9.53 Å². The maximum atomic E-state index is 13.8. The molecule has 0 aromatic heterocycles. The number of carbonyl (C=O) groups excluding carboxylic acids is 2. The fourth-order valence-corrected chi connectivity index (χ4v) is 2.36. The number of nitrogens with zero attached hydrogens (tertiary/aromatic N) is 1. The molecule has 1 aliphatic rings. The number of anilines is 1. The van der Waals surface area contributed by atoms with Crippen molar-refractivity contribution in [1.29, 1.82) is 0 Å². The third-order valence-corrected chi connectivity index (χ3v) is 3.34. The first kappa shape index (κ1) is 13.8. The summed E-state index contributed by atoms with van der Waals surface area (Å²) in [5, 5.41) is 0. The molecule has 19 heavy (non-hydrogen) atoms. The molecule has 1 fully saturated rings. The van der Waals surface area contributed by atoms with E-state index in [4.69, 9.17) is 10.5 Å². The first-order valence-electron chi connectivity index (χ1n) is 5.71. The SMILES string of the molecule is NC(=O)O[C@@H]1CCCN(c2ccc(Br)cc2F)C1=O. The van der Waals surface area contributed by atoms with Crippen molar-refractivity contribution in [1.82, 2.24) is 0 Å². The van der Waals surface area contributed by atoms with E-state index in [-0.39, 0.29) is 5.69 Å². The Labute approximate surface area is 117 Å². The number of hydrogen-bond acceptors (Lipinski definition) is 3. The maximum absolute atomic E-state index is 13.8. The lowest BCUT2D eigenvalue weighted by Gasteiger charge is -2.31. The van der Waals surface area contributed by atoms with E-state index in [1.54, 1.807) is 6.07 Å². The van der Waals surface area contributed by atoms with E-state index in [1.165, 1.54) is 17.0 Å². The summed E-state index contributed by atoms with van der Waals surface area (Å²) in [7, 11) is 0. The number of ether oxygens (including phenoxy) is 1. The van der Waals surface area contributed by atoms with Crippen LogP contribution < -0.4 is 10.6 Å². The molecule has 2 amide bonds. The van der Waals surface area contributed by atoms with Crippen LogP contribution in [0, 0.1) is 5.82 Å². The van der Waals surface area contributed by atoms with Crippen LogP contribution in [0.3, 0.4) is 0 Å². The van der Waals surface area contributed by atoms with Crippen molar-refractivity contribution in [3.8, 4) is 0 Å². The zero-order valence-corrected chi connectivity index (χ0v) is 11.5. The summed E-state index contributed by atoms with van der Waals surface area (Å²) in [6, 6.07) is 4.43. The van der Waals surface area contributed by atoms with E-state index < -0.39 is 23.9 Å². The Morgan fingerprint density at radius 3 is 2.89 bits per heavy atom.